The maximum atomic E-state index is 12.5. The van der Waals surface area contributed by atoms with E-state index in [0.717, 1.165) is 19.6 Å². The van der Waals surface area contributed by atoms with E-state index in [0.29, 0.717) is 23.9 Å². The van der Waals surface area contributed by atoms with Crippen LogP contribution in [0.4, 0.5) is 0 Å². The third-order valence-corrected chi connectivity index (χ3v) is 4.10. The molecular weight excluding hydrogens is 226 g/mol. The lowest BCUT2D eigenvalue weighted by Gasteiger charge is -2.34. The second kappa shape index (κ2) is 5.57. The third-order valence-electron chi connectivity index (χ3n) is 4.10. The molecule has 2 unspecified atom stereocenters. The average molecular weight is 253 g/mol. The van der Waals surface area contributed by atoms with E-state index in [-0.39, 0.29) is 5.92 Å². The van der Waals surface area contributed by atoms with Crippen LogP contribution in [0, 0.1) is 11.8 Å². The molecule has 104 valence electrons. The fraction of sp³-hybridized carbons (Fsp3) is 0.929. The molecule has 2 fully saturated rings. The number of hydrogen-bond donors (Lipinski definition) is 1. The molecular formula is C14H27N3O. The molecule has 4 heteroatoms. The normalized spacial score (nSPS) is 28.9. The molecule has 0 radical (unpaired) electrons. The van der Waals surface area contributed by atoms with Gasteiger partial charge < -0.3 is 15.1 Å². The molecule has 1 saturated carbocycles. The van der Waals surface area contributed by atoms with Gasteiger partial charge in [-0.3, -0.25) is 4.79 Å². The Bertz CT molecular complexity index is 301. The number of amides is 1. The van der Waals surface area contributed by atoms with Crippen LogP contribution in [-0.4, -0.2) is 61.5 Å². The van der Waals surface area contributed by atoms with Crippen LogP contribution in [0.5, 0.6) is 0 Å². The van der Waals surface area contributed by atoms with E-state index >= 15 is 0 Å². The second-order valence-corrected chi connectivity index (χ2v) is 6.24. The summed E-state index contributed by atoms with van der Waals surface area (Å²) in [5, 5.41) is 3.28. The SMILES string of the molecule is CNCC1CN(C)CC1N(C(=O)C(C)C)C1CC1. The Morgan fingerprint density at radius 2 is 2.06 bits per heavy atom. The van der Waals surface area contributed by atoms with Crippen LogP contribution in [0.25, 0.3) is 0 Å². The van der Waals surface area contributed by atoms with Gasteiger partial charge in [0.15, 0.2) is 0 Å². The average Bonchev–Trinajstić information content (AvgIpc) is 3.05. The summed E-state index contributed by atoms with van der Waals surface area (Å²) < 4.78 is 0. The van der Waals surface area contributed by atoms with Crippen LogP contribution in [0.1, 0.15) is 26.7 Å². The van der Waals surface area contributed by atoms with Crippen molar-refractivity contribution in [3.63, 3.8) is 0 Å². The Kier molecular flexibility index (Phi) is 4.28. The van der Waals surface area contributed by atoms with Crippen LogP contribution in [0.15, 0.2) is 0 Å². The minimum atomic E-state index is 0.117. The third kappa shape index (κ3) is 2.86. The number of nitrogens with one attached hydrogen (secondary N) is 1. The molecule has 0 bridgehead atoms. The Labute approximate surface area is 111 Å². The maximum absolute atomic E-state index is 12.5. The van der Waals surface area contributed by atoms with Crippen molar-refractivity contribution >= 4 is 5.91 Å². The van der Waals surface area contributed by atoms with Crippen LogP contribution in [-0.2, 0) is 4.79 Å². The predicted octanol–water partition coefficient (Wildman–Crippen LogP) is 0.783. The first kappa shape index (κ1) is 13.8. The van der Waals surface area contributed by atoms with Crippen molar-refractivity contribution in [3.05, 3.63) is 0 Å². The first-order valence-corrected chi connectivity index (χ1v) is 7.20. The van der Waals surface area contributed by atoms with Gasteiger partial charge in [-0.1, -0.05) is 13.8 Å². The zero-order valence-corrected chi connectivity index (χ0v) is 12.1. The number of rotatable bonds is 5. The van der Waals surface area contributed by atoms with Gasteiger partial charge in [0, 0.05) is 43.6 Å². The molecule has 0 aromatic rings. The van der Waals surface area contributed by atoms with Gasteiger partial charge in [-0.15, -0.1) is 0 Å². The Balaban J connectivity index is 2.11. The zero-order valence-electron chi connectivity index (χ0n) is 12.1. The van der Waals surface area contributed by atoms with Crippen LogP contribution < -0.4 is 5.32 Å². The first-order valence-electron chi connectivity index (χ1n) is 7.20. The van der Waals surface area contributed by atoms with Crippen molar-refractivity contribution in [3.8, 4) is 0 Å². The largest absolute Gasteiger partial charge is 0.335 e. The van der Waals surface area contributed by atoms with E-state index in [9.17, 15) is 4.79 Å². The lowest BCUT2D eigenvalue weighted by molar-refractivity contribution is -0.138. The summed E-state index contributed by atoms with van der Waals surface area (Å²) in [6.45, 7) is 7.16. The molecule has 1 N–H and O–H groups in total. The summed E-state index contributed by atoms with van der Waals surface area (Å²) in [7, 11) is 4.16. The monoisotopic (exact) mass is 253 g/mol. The van der Waals surface area contributed by atoms with Crippen LogP contribution in [0.3, 0.4) is 0 Å². The molecule has 2 atom stereocenters. The van der Waals surface area contributed by atoms with Gasteiger partial charge in [0.1, 0.15) is 0 Å². The lowest BCUT2D eigenvalue weighted by atomic mass is 10.00. The van der Waals surface area contributed by atoms with E-state index in [1.807, 2.05) is 20.9 Å². The summed E-state index contributed by atoms with van der Waals surface area (Å²) >= 11 is 0. The van der Waals surface area contributed by atoms with Crippen LogP contribution in [0.2, 0.25) is 0 Å². The summed E-state index contributed by atoms with van der Waals surface area (Å²) in [6, 6.07) is 0.931. The molecule has 1 saturated heterocycles. The van der Waals surface area contributed by atoms with Crippen molar-refractivity contribution in [1.82, 2.24) is 15.1 Å². The molecule has 1 aliphatic heterocycles. The van der Waals surface area contributed by atoms with Crippen molar-refractivity contribution < 1.29 is 4.79 Å². The molecule has 4 nitrogen and oxygen atoms in total. The Morgan fingerprint density at radius 1 is 1.39 bits per heavy atom. The topological polar surface area (TPSA) is 35.6 Å². The second-order valence-electron chi connectivity index (χ2n) is 6.24. The lowest BCUT2D eigenvalue weighted by Crippen LogP contribution is -2.49. The highest BCUT2D eigenvalue weighted by Gasteiger charge is 2.43. The van der Waals surface area contributed by atoms with E-state index in [1.165, 1.54) is 12.8 Å². The minimum Gasteiger partial charge on any atom is -0.335 e. The van der Waals surface area contributed by atoms with Gasteiger partial charge >= 0.3 is 0 Å². The smallest absolute Gasteiger partial charge is 0.225 e. The highest BCUT2D eigenvalue weighted by atomic mass is 16.2. The number of likely N-dealkylation sites (N-methyl/N-ethyl adjacent to an activating group) is 1. The van der Waals surface area contributed by atoms with Crippen molar-refractivity contribution in [2.75, 3.05) is 33.7 Å². The summed E-state index contributed by atoms with van der Waals surface area (Å²) in [5.74, 6) is 1.04. The summed E-state index contributed by atoms with van der Waals surface area (Å²) in [5.41, 5.74) is 0. The van der Waals surface area contributed by atoms with Gasteiger partial charge in [0.25, 0.3) is 0 Å². The molecule has 2 rings (SSSR count). The van der Waals surface area contributed by atoms with Crippen molar-refractivity contribution in [2.24, 2.45) is 11.8 Å². The van der Waals surface area contributed by atoms with Gasteiger partial charge in [-0.05, 0) is 26.9 Å². The minimum absolute atomic E-state index is 0.117. The summed E-state index contributed by atoms with van der Waals surface area (Å²) in [4.78, 5) is 17.0. The fourth-order valence-corrected chi connectivity index (χ4v) is 3.11. The first-order chi connectivity index (χ1) is 8.54. The van der Waals surface area contributed by atoms with E-state index in [4.69, 9.17) is 0 Å². The number of nitrogens with zero attached hydrogens (tertiary/aromatic N) is 2. The molecule has 0 aromatic carbocycles. The number of carbonyl (C=O) groups is 1. The molecule has 2 aliphatic rings. The number of carbonyl (C=O) groups excluding carboxylic acids is 1. The molecule has 1 amide bonds. The number of hydrogen-bond acceptors (Lipinski definition) is 3. The van der Waals surface area contributed by atoms with E-state index in [2.05, 4.69) is 22.2 Å². The van der Waals surface area contributed by atoms with Gasteiger partial charge in [0.05, 0.1) is 0 Å². The highest BCUT2D eigenvalue weighted by Crippen LogP contribution is 2.34. The Hall–Kier alpha value is -0.610. The number of likely N-dealkylation sites (tertiary alicyclic amines) is 1. The summed E-state index contributed by atoms with van der Waals surface area (Å²) in [6.07, 6.45) is 2.40. The molecule has 0 aromatic heterocycles. The van der Waals surface area contributed by atoms with Gasteiger partial charge in [0.2, 0.25) is 5.91 Å². The molecule has 1 aliphatic carbocycles. The molecule has 18 heavy (non-hydrogen) atoms. The van der Waals surface area contributed by atoms with Gasteiger partial charge in [-0.25, -0.2) is 0 Å². The quantitative estimate of drug-likeness (QED) is 0.786. The highest BCUT2D eigenvalue weighted by molar-refractivity contribution is 5.79. The van der Waals surface area contributed by atoms with Crippen LogP contribution >= 0.6 is 0 Å². The molecule has 1 heterocycles. The standard InChI is InChI=1S/C14H27N3O/c1-10(2)14(18)17(12-5-6-12)13-9-16(4)8-11(13)7-15-3/h10-13,15H,5-9H2,1-4H3. The van der Waals surface area contributed by atoms with Gasteiger partial charge in [-0.2, -0.15) is 0 Å². The Morgan fingerprint density at radius 3 is 2.56 bits per heavy atom. The zero-order chi connectivity index (χ0) is 13.3. The van der Waals surface area contributed by atoms with Crippen molar-refractivity contribution in [1.29, 1.82) is 0 Å². The van der Waals surface area contributed by atoms with E-state index < -0.39 is 0 Å². The van der Waals surface area contributed by atoms with E-state index in [1.54, 1.807) is 0 Å². The fourth-order valence-electron chi connectivity index (χ4n) is 3.11. The predicted molar refractivity (Wildman–Crippen MR) is 73.4 cm³/mol. The molecule has 0 spiro atoms. The maximum Gasteiger partial charge on any atom is 0.225 e. The van der Waals surface area contributed by atoms with Crippen molar-refractivity contribution in [2.45, 2.75) is 38.8 Å².